The first-order valence-electron chi connectivity index (χ1n) is 11.7. The van der Waals surface area contributed by atoms with Crippen LogP contribution in [0.4, 0.5) is 0 Å². The van der Waals surface area contributed by atoms with Gasteiger partial charge in [-0.15, -0.1) is 0 Å². The Hall–Kier alpha value is -0.160. The lowest BCUT2D eigenvalue weighted by Gasteiger charge is -2.36. The van der Waals surface area contributed by atoms with Crippen molar-refractivity contribution in [2.24, 2.45) is 0 Å². The average Bonchev–Trinajstić information content (AvgIpc) is 3.53. The molecule has 2 heterocycles. The molecule has 0 aromatic carbocycles. The minimum atomic E-state index is 0.188. The first kappa shape index (κ1) is 23.1. The zero-order chi connectivity index (χ0) is 19.2. The molecule has 2 aliphatic heterocycles. The smallest absolute Gasteiger partial charge is 0.146 e. The van der Waals surface area contributed by atoms with Gasteiger partial charge in [0, 0.05) is 7.11 Å². The van der Waals surface area contributed by atoms with Gasteiger partial charge < -0.3 is 18.9 Å². The van der Waals surface area contributed by atoms with Crippen LogP contribution in [-0.2, 0) is 18.9 Å². The topological polar surface area (TPSA) is 40.2 Å². The van der Waals surface area contributed by atoms with Crippen LogP contribution >= 0.6 is 0 Å². The summed E-state index contributed by atoms with van der Waals surface area (Å²) in [5.41, 5.74) is 0. The lowest BCUT2D eigenvalue weighted by Crippen LogP contribution is -2.42. The molecule has 2 rings (SSSR count). The molecular formula is C23H44O4. The Morgan fingerprint density at radius 2 is 1.37 bits per heavy atom. The van der Waals surface area contributed by atoms with E-state index < -0.39 is 0 Å². The molecule has 0 radical (unpaired) electrons. The Labute approximate surface area is 167 Å². The van der Waals surface area contributed by atoms with Crippen molar-refractivity contribution in [3.63, 3.8) is 0 Å². The molecule has 0 N–H and O–H groups in total. The van der Waals surface area contributed by atoms with Gasteiger partial charge in [0.05, 0.1) is 24.9 Å². The van der Waals surface area contributed by atoms with Crippen LogP contribution in [0.3, 0.4) is 0 Å². The third-order valence-corrected chi connectivity index (χ3v) is 6.02. The molecule has 0 aliphatic carbocycles. The quantitative estimate of drug-likeness (QED) is 0.175. The Bertz CT molecular complexity index is 345. The summed E-state index contributed by atoms with van der Waals surface area (Å²) in [6.45, 7) is 3.53. The minimum Gasteiger partial charge on any atom is -0.370 e. The van der Waals surface area contributed by atoms with E-state index in [-0.39, 0.29) is 18.3 Å². The molecule has 0 saturated carbocycles. The Morgan fingerprint density at radius 1 is 0.778 bits per heavy atom. The first-order chi connectivity index (χ1) is 13.3. The average molecular weight is 385 g/mol. The second-order valence-electron chi connectivity index (χ2n) is 8.45. The summed E-state index contributed by atoms with van der Waals surface area (Å²) in [5, 5.41) is 0. The zero-order valence-electron chi connectivity index (χ0n) is 18.0. The number of hydrogen-bond acceptors (Lipinski definition) is 4. The van der Waals surface area contributed by atoms with Crippen molar-refractivity contribution in [2.45, 2.75) is 128 Å². The number of rotatable bonds is 17. The monoisotopic (exact) mass is 384 g/mol. The van der Waals surface area contributed by atoms with Crippen LogP contribution in [0.2, 0.25) is 0 Å². The van der Waals surface area contributed by atoms with Crippen molar-refractivity contribution in [1.29, 1.82) is 0 Å². The molecule has 160 valence electrons. The molecule has 27 heavy (non-hydrogen) atoms. The van der Waals surface area contributed by atoms with Gasteiger partial charge in [-0.25, -0.2) is 0 Å². The maximum atomic E-state index is 6.31. The van der Waals surface area contributed by atoms with Gasteiger partial charge in [-0.05, 0) is 19.3 Å². The molecule has 2 saturated heterocycles. The van der Waals surface area contributed by atoms with Crippen LogP contribution in [0.5, 0.6) is 0 Å². The Kier molecular flexibility index (Phi) is 12.7. The van der Waals surface area contributed by atoms with E-state index in [1.807, 2.05) is 0 Å². The van der Waals surface area contributed by atoms with E-state index >= 15 is 0 Å². The lowest BCUT2D eigenvalue weighted by atomic mass is 9.95. The van der Waals surface area contributed by atoms with Gasteiger partial charge in [0.25, 0.3) is 0 Å². The predicted octanol–water partition coefficient (Wildman–Crippen LogP) is 6.01. The van der Waals surface area contributed by atoms with E-state index in [0.29, 0.717) is 12.9 Å². The summed E-state index contributed by atoms with van der Waals surface area (Å²) in [4.78, 5) is 0. The van der Waals surface area contributed by atoms with Crippen molar-refractivity contribution >= 4 is 0 Å². The molecule has 0 aromatic rings. The van der Waals surface area contributed by atoms with Gasteiger partial charge in [-0.2, -0.15) is 0 Å². The van der Waals surface area contributed by atoms with Crippen LogP contribution in [-0.4, -0.2) is 44.9 Å². The summed E-state index contributed by atoms with van der Waals surface area (Å²) >= 11 is 0. The standard InChI is InChI=1S/C23H44O4/c1-3-4-5-6-7-8-9-10-11-12-13-14-15-21-20(26-19-24-2)16-17-22(27-21)23-18-25-23/h20-23H,3-19H2,1-2H3/t20-,21-,22-,23-/m1/s1. The van der Waals surface area contributed by atoms with E-state index in [9.17, 15) is 0 Å². The van der Waals surface area contributed by atoms with E-state index in [1.165, 1.54) is 77.0 Å². The van der Waals surface area contributed by atoms with Crippen molar-refractivity contribution in [2.75, 3.05) is 20.5 Å². The maximum Gasteiger partial charge on any atom is 0.146 e. The number of ether oxygens (including phenoxy) is 4. The highest BCUT2D eigenvalue weighted by molar-refractivity contribution is 4.88. The normalized spacial score (nSPS) is 27.8. The Balaban J connectivity index is 1.47. The molecule has 0 spiro atoms. The highest BCUT2D eigenvalue weighted by Crippen LogP contribution is 2.32. The highest BCUT2D eigenvalue weighted by atomic mass is 16.7. The maximum absolute atomic E-state index is 6.31. The fourth-order valence-electron chi connectivity index (χ4n) is 4.22. The summed E-state index contributed by atoms with van der Waals surface area (Å²) in [7, 11) is 1.69. The SMILES string of the molecule is CCCCCCCCCCCCCC[C@H]1O[C@@H]([C@H]2CO2)CC[C@H]1OCOC. The second-order valence-corrected chi connectivity index (χ2v) is 8.45. The molecule has 2 fully saturated rings. The van der Waals surface area contributed by atoms with Gasteiger partial charge >= 0.3 is 0 Å². The van der Waals surface area contributed by atoms with Crippen molar-refractivity contribution in [3.05, 3.63) is 0 Å². The van der Waals surface area contributed by atoms with Gasteiger partial charge in [0.1, 0.15) is 12.9 Å². The van der Waals surface area contributed by atoms with Gasteiger partial charge in [-0.3, -0.25) is 0 Å². The van der Waals surface area contributed by atoms with Crippen LogP contribution in [0.25, 0.3) is 0 Å². The molecular weight excluding hydrogens is 340 g/mol. The van der Waals surface area contributed by atoms with Crippen LogP contribution < -0.4 is 0 Å². The van der Waals surface area contributed by atoms with Crippen LogP contribution in [0, 0.1) is 0 Å². The number of methoxy groups -OCH3 is 1. The Morgan fingerprint density at radius 3 is 1.93 bits per heavy atom. The van der Waals surface area contributed by atoms with E-state index in [1.54, 1.807) is 7.11 Å². The molecule has 0 bridgehead atoms. The van der Waals surface area contributed by atoms with Crippen LogP contribution in [0.15, 0.2) is 0 Å². The molecule has 4 nitrogen and oxygen atoms in total. The zero-order valence-corrected chi connectivity index (χ0v) is 18.0. The van der Waals surface area contributed by atoms with Gasteiger partial charge in [-0.1, -0.05) is 84.0 Å². The first-order valence-corrected chi connectivity index (χ1v) is 11.7. The second kappa shape index (κ2) is 14.8. The molecule has 4 atom stereocenters. The fraction of sp³-hybridized carbons (Fsp3) is 1.00. The minimum absolute atomic E-state index is 0.188. The van der Waals surface area contributed by atoms with Crippen molar-refractivity contribution in [3.8, 4) is 0 Å². The molecule has 4 heteroatoms. The van der Waals surface area contributed by atoms with E-state index in [0.717, 1.165) is 25.9 Å². The molecule has 0 aromatic heterocycles. The third-order valence-electron chi connectivity index (χ3n) is 6.02. The van der Waals surface area contributed by atoms with E-state index in [4.69, 9.17) is 18.9 Å². The highest BCUT2D eigenvalue weighted by Gasteiger charge is 2.40. The largest absolute Gasteiger partial charge is 0.370 e. The summed E-state index contributed by atoms with van der Waals surface area (Å²) < 4.78 is 22.7. The predicted molar refractivity (Wildman–Crippen MR) is 110 cm³/mol. The molecule has 0 amide bonds. The van der Waals surface area contributed by atoms with E-state index in [2.05, 4.69) is 6.92 Å². The number of unbranched alkanes of at least 4 members (excludes halogenated alkanes) is 11. The van der Waals surface area contributed by atoms with Gasteiger partial charge in [0.2, 0.25) is 0 Å². The molecule has 0 unspecified atom stereocenters. The summed E-state index contributed by atoms with van der Waals surface area (Å²) in [5.74, 6) is 0. The third kappa shape index (κ3) is 10.3. The lowest BCUT2D eigenvalue weighted by molar-refractivity contribution is -0.176. The summed E-state index contributed by atoms with van der Waals surface area (Å²) in [6.07, 6.45) is 20.9. The van der Waals surface area contributed by atoms with Crippen molar-refractivity contribution in [1.82, 2.24) is 0 Å². The fourth-order valence-corrected chi connectivity index (χ4v) is 4.22. The van der Waals surface area contributed by atoms with Crippen LogP contribution in [0.1, 0.15) is 103 Å². The number of epoxide rings is 1. The van der Waals surface area contributed by atoms with Crippen molar-refractivity contribution < 1.29 is 18.9 Å². The summed E-state index contributed by atoms with van der Waals surface area (Å²) in [6, 6.07) is 0. The van der Waals surface area contributed by atoms with Gasteiger partial charge in [0.15, 0.2) is 0 Å². The number of hydrogen-bond donors (Lipinski definition) is 0. The molecule has 2 aliphatic rings.